The quantitative estimate of drug-likeness (QED) is 0.816. The topological polar surface area (TPSA) is 52.5 Å². The molecule has 0 radical (unpaired) electrons. The van der Waals surface area contributed by atoms with Crippen molar-refractivity contribution in [2.75, 3.05) is 0 Å². The summed E-state index contributed by atoms with van der Waals surface area (Å²) in [6, 6.07) is 6.11. The van der Waals surface area contributed by atoms with Crippen LogP contribution < -0.4 is 0 Å². The lowest BCUT2D eigenvalue weighted by atomic mass is 10.1. The van der Waals surface area contributed by atoms with Crippen molar-refractivity contribution in [3.05, 3.63) is 27.6 Å². The summed E-state index contributed by atoms with van der Waals surface area (Å²) in [5, 5.41) is 8.59. The lowest BCUT2D eigenvalue weighted by Crippen LogP contribution is -1.87. The van der Waals surface area contributed by atoms with Crippen molar-refractivity contribution in [2.45, 2.75) is 6.42 Å². The number of imidazole rings is 1. The molecule has 0 atom stereocenters. The second-order valence-electron chi connectivity index (χ2n) is 2.70. The molecule has 0 saturated heterocycles. The van der Waals surface area contributed by atoms with Crippen LogP contribution >= 0.6 is 22.6 Å². The van der Waals surface area contributed by atoms with E-state index in [1.165, 1.54) is 0 Å². The fourth-order valence-electron chi connectivity index (χ4n) is 1.22. The molecule has 2 aromatic rings. The maximum atomic E-state index is 8.59. The molecule has 1 heterocycles. The highest BCUT2D eigenvalue weighted by Crippen LogP contribution is 2.19. The molecule has 0 aliphatic rings. The second kappa shape index (κ2) is 3.34. The lowest BCUT2D eigenvalue weighted by Gasteiger charge is -1.98. The average Bonchev–Trinajstić information content (AvgIpc) is 2.52. The summed E-state index contributed by atoms with van der Waals surface area (Å²) in [5.74, 6) is 0. The molecule has 0 bridgehead atoms. The average molecular weight is 283 g/mol. The van der Waals surface area contributed by atoms with Crippen molar-refractivity contribution in [2.24, 2.45) is 0 Å². The van der Waals surface area contributed by atoms with Crippen LogP contribution in [-0.2, 0) is 6.42 Å². The number of nitrogens with one attached hydrogen (secondary N) is 1. The fourth-order valence-corrected chi connectivity index (χ4v) is 1.86. The van der Waals surface area contributed by atoms with Gasteiger partial charge in [0.2, 0.25) is 0 Å². The summed E-state index contributed by atoms with van der Waals surface area (Å²) < 4.78 is 1.10. The van der Waals surface area contributed by atoms with Crippen LogP contribution in [0.2, 0.25) is 0 Å². The zero-order valence-corrected chi connectivity index (χ0v) is 8.87. The molecule has 13 heavy (non-hydrogen) atoms. The Bertz CT molecular complexity index is 481. The van der Waals surface area contributed by atoms with Gasteiger partial charge in [-0.05, 0) is 40.3 Å². The van der Waals surface area contributed by atoms with E-state index in [-0.39, 0.29) is 0 Å². The number of benzene rings is 1. The Kier molecular flexibility index (Phi) is 2.19. The van der Waals surface area contributed by atoms with E-state index < -0.39 is 0 Å². The van der Waals surface area contributed by atoms with Gasteiger partial charge in [0.05, 0.1) is 29.9 Å². The first-order valence-corrected chi connectivity index (χ1v) is 4.87. The van der Waals surface area contributed by atoms with Crippen LogP contribution in [-0.4, -0.2) is 9.97 Å². The molecule has 0 saturated carbocycles. The Morgan fingerprint density at radius 2 is 2.38 bits per heavy atom. The van der Waals surface area contributed by atoms with Crippen LogP contribution in [0.15, 0.2) is 18.5 Å². The number of nitriles is 1. The first-order valence-electron chi connectivity index (χ1n) is 3.79. The number of nitrogens with zero attached hydrogens (tertiary/aromatic N) is 2. The normalized spacial score (nSPS) is 10.2. The SMILES string of the molecule is N#CCc1cc2[nH]cnc2cc1I. The smallest absolute Gasteiger partial charge is 0.0931 e. The highest BCUT2D eigenvalue weighted by Gasteiger charge is 2.03. The van der Waals surface area contributed by atoms with Gasteiger partial charge >= 0.3 is 0 Å². The fraction of sp³-hybridized carbons (Fsp3) is 0.111. The van der Waals surface area contributed by atoms with Crippen LogP contribution in [0.4, 0.5) is 0 Å². The van der Waals surface area contributed by atoms with Crippen LogP contribution in [0.3, 0.4) is 0 Å². The van der Waals surface area contributed by atoms with Crippen molar-refractivity contribution in [1.29, 1.82) is 5.26 Å². The molecule has 64 valence electrons. The number of fused-ring (bicyclic) bond motifs is 1. The Balaban J connectivity index is 2.64. The van der Waals surface area contributed by atoms with Crippen LogP contribution in [0, 0.1) is 14.9 Å². The molecule has 1 aromatic carbocycles. The molecule has 0 aliphatic heterocycles. The Morgan fingerprint density at radius 3 is 3.15 bits per heavy atom. The van der Waals surface area contributed by atoms with Crippen LogP contribution in [0.1, 0.15) is 5.56 Å². The molecule has 4 heteroatoms. The molecule has 0 unspecified atom stereocenters. The Morgan fingerprint density at radius 1 is 1.54 bits per heavy atom. The Labute approximate surface area is 88.9 Å². The van der Waals surface area contributed by atoms with Crippen molar-refractivity contribution in [3.8, 4) is 6.07 Å². The van der Waals surface area contributed by atoms with E-state index in [0.29, 0.717) is 6.42 Å². The van der Waals surface area contributed by atoms with Crippen LogP contribution in [0.25, 0.3) is 11.0 Å². The molecular formula is C9H6IN3. The minimum Gasteiger partial charge on any atom is -0.345 e. The van der Waals surface area contributed by atoms with Gasteiger partial charge in [-0.2, -0.15) is 5.26 Å². The van der Waals surface area contributed by atoms with E-state index in [9.17, 15) is 0 Å². The maximum Gasteiger partial charge on any atom is 0.0931 e. The van der Waals surface area contributed by atoms with Crippen molar-refractivity contribution < 1.29 is 0 Å². The zero-order chi connectivity index (χ0) is 9.26. The predicted molar refractivity (Wildman–Crippen MR) is 58.1 cm³/mol. The third kappa shape index (κ3) is 1.52. The number of aromatic amines is 1. The predicted octanol–water partition coefficient (Wildman–Crippen LogP) is 2.23. The van der Waals surface area contributed by atoms with Gasteiger partial charge in [0, 0.05) is 3.57 Å². The standard InChI is InChI=1S/C9H6IN3/c10-7-4-9-8(12-5-13-9)3-6(7)1-2-11/h3-5H,1H2,(H,12,13). The summed E-state index contributed by atoms with van der Waals surface area (Å²) >= 11 is 2.22. The maximum absolute atomic E-state index is 8.59. The number of rotatable bonds is 1. The summed E-state index contributed by atoms with van der Waals surface area (Å²) in [5.41, 5.74) is 3.00. The van der Waals surface area contributed by atoms with E-state index in [4.69, 9.17) is 5.26 Å². The van der Waals surface area contributed by atoms with Gasteiger partial charge in [0.25, 0.3) is 0 Å². The number of H-pyrrole nitrogens is 1. The molecule has 0 fully saturated rings. The van der Waals surface area contributed by atoms with Crippen molar-refractivity contribution in [3.63, 3.8) is 0 Å². The summed E-state index contributed by atoms with van der Waals surface area (Å²) in [6.07, 6.45) is 2.12. The highest BCUT2D eigenvalue weighted by molar-refractivity contribution is 14.1. The zero-order valence-electron chi connectivity index (χ0n) is 6.71. The van der Waals surface area contributed by atoms with Gasteiger partial charge < -0.3 is 4.98 Å². The monoisotopic (exact) mass is 283 g/mol. The summed E-state index contributed by atoms with van der Waals surface area (Å²) in [4.78, 5) is 7.16. The second-order valence-corrected chi connectivity index (χ2v) is 3.86. The van der Waals surface area contributed by atoms with E-state index in [1.54, 1.807) is 6.33 Å². The third-order valence-electron chi connectivity index (χ3n) is 1.86. The number of aromatic nitrogens is 2. The molecule has 2 rings (SSSR count). The van der Waals surface area contributed by atoms with E-state index >= 15 is 0 Å². The first-order chi connectivity index (χ1) is 6.31. The largest absolute Gasteiger partial charge is 0.345 e. The van der Waals surface area contributed by atoms with Gasteiger partial charge in [-0.3, -0.25) is 0 Å². The first kappa shape index (κ1) is 8.51. The molecule has 3 nitrogen and oxygen atoms in total. The molecular weight excluding hydrogens is 277 g/mol. The minimum atomic E-state index is 0.452. The molecule has 1 N–H and O–H groups in total. The van der Waals surface area contributed by atoms with Gasteiger partial charge in [-0.1, -0.05) is 0 Å². The molecule has 0 aliphatic carbocycles. The minimum absolute atomic E-state index is 0.452. The number of hydrogen-bond acceptors (Lipinski definition) is 2. The lowest BCUT2D eigenvalue weighted by molar-refractivity contribution is 1.25. The molecule has 1 aromatic heterocycles. The van der Waals surface area contributed by atoms with Gasteiger partial charge in [-0.15, -0.1) is 0 Å². The number of hydrogen-bond donors (Lipinski definition) is 1. The molecule has 0 amide bonds. The highest BCUT2D eigenvalue weighted by atomic mass is 127. The van der Waals surface area contributed by atoms with E-state index in [0.717, 1.165) is 20.2 Å². The van der Waals surface area contributed by atoms with Gasteiger partial charge in [0.15, 0.2) is 0 Å². The molecule has 0 spiro atoms. The summed E-state index contributed by atoms with van der Waals surface area (Å²) in [7, 11) is 0. The van der Waals surface area contributed by atoms with Gasteiger partial charge in [0.1, 0.15) is 0 Å². The summed E-state index contributed by atoms with van der Waals surface area (Å²) in [6.45, 7) is 0. The van der Waals surface area contributed by atoms with Crippen molar-refractivity contribution >= 4 is 33.6 Å². The number of halogens is 1. The Hall–Kier alpha value is -1.09. The van der Waals surface area contributed by atoms with Gasteiger partial charge in [-0.25, -0.2) is 4.98 Å². The third-order valence-corrected chi connectivity index (χ3v) is 2.86. The van der Waals surface area contributed by atoms with Crippen molar-refractivity contribution in [1.82, 2.24) is 9.97 Å². The van der Waals surface area contributed by atoms with E-state index in [1.807, 2.05) is 12.1 Å². The van der Waals surface area contributed by atoms with Crippen LogP contribution in [0.5, 0.6) is 0 Å². The van der Waals surface area contributed by atoms with E-state index in [2.05, 4.69) is 38.6 Å².